The third-order valence-electron chi connectivity index (χ3n) is 3.69. The maximum atomic E-state index is 12.0. The van der Waals surface area contributed by atoms with Crippen LogP contribution in [0.3, 0.4) is 0 Å². The van der Waals surface area contributed by atoms with Crippen LogP contribution in [0.5, 0.6) is 5.75 Å². The first-order valence-corrected chi connectivity index (χ1v) is 8.69. The van der Waals surface area contributed by atoms with Crippen molar-refractivity contribution in [3.8, 4) is 5.75 Å². The van der Waals surface area contributed by atoms with Gasteiger partial charge in [-0.15, -0.1) is 0 Å². The quantitative estimate of drug-likeness (QED) is 0.407. The van der Waals surface area contributed by atoms with E-state index >= 15 is 0 Å². The van der Waals surface area contributed by atoms with Crippen LogP contribution in [0.4, 0.5) is 11.4 Å². The smallest absolute Gasteiger partial charge is 0.311 e. The Morgan fingerprint density at radius 3 is 2.50 bits per heavy atom. The summed E-state index contributed by atoms with van der Waals surface area (Å²) in [6.07, 6.45) is -0.0748. The number of nitro groups is 1. The highest BCUT2D eigenvalue weighted by atomic mass is 35.5. The minimum absolute atomic E-state index is 0.00233. The molecule has 0 heterocycles. The number of rotatable bonds is 7. The molecule has 0 aliphatic rings. The number of nitrogens with zero attached hydrogens (tertiary/aromatic N) is 1. The molecule has 0 saturated carbocycles. The zero-order chi connectivity index (χ0) is 20.8. The molecule has 1 N–H and O–H groups in total. The van der Waals surface area contributed by atoms with Crippen LogP contribution in [0.15, 0.2) is 30.3 Å². The Hall–Kier alpha value is -2.84. The second-order valence-electron chi connectivity index (χ2n) is 5.73. The summed E-state index contributed by atoms with van der Waals surface area (Å²) in [5.74, 6) is -1.21. The maximum absolute atomic E-state index is 12.0. The molecule has 0 radical (unpaired) electrons. The first kappa shape index (κ1) is 21.5. The number of benzene rings is 2. The molecule has 0 unspecified atom stereocenters. The number of amides is 1. The predicted molar refractivity (Wildman–Crippen MR) is 104 cm³/mol. The van der Waals surface area contributed by atoms with Gasteiger partial charge in [-0.25, -0.2) is 0 Å². The van der Waals surface area contributed by atoms with E-state index in [0.717, 1.165) is 0 Å². The number of hydrogen-bond acceptors (Lipinski definition) is 6. The van der Waals surface area contributed by atoms with Gasteiger partial charge in [0.15, 0.2) is 12.4 Å². The van der Waals surface area contributed by atoms with Crippen LogP contribution in [-0.2, 0) is 20.7 Å². The van der Waals surface area contributed by atoms with Crippen molar-refractivity contribution >= 4 is 46.5 Å². The standard InChI is InChI=1S/C18H16Cl2N2O6/c1-10-5-15(22(25)26)16(27-2)8-14(10)21-17(23)9-28-18(24)7-11-3-4-12(19)13(20)6-11/h3-6,8H,7,9H2,1-2H3,(H,21,23). The fraction of sp³-hybridized carbons (Fsp3) is 0.222. The van der Waals surface area contributed by atoms with Gasteiger partial charge >= 0.3 is 11.7 Å². The zero-order valence-electron chi connectivity index (χ0n) is 15.0. The fourth-order valence-electron chi connectivity index (χ4n) is 2.31. The van der Waals surface area contributed by atoms with Crippen LogP contribution in [0.1, 0.15) is 11.1 Å². The number of carbonyl (C=O) groups excluding carboxylic acids is 2. The lowest BCUT2D eigenvalue weighted by atomic mass is 10.1. The molecule has 0 fully saturated rings. The lowest BCUT2D eigenvalue weighted by molar-refractivity contribution is -0.385. The Morgan fingerprint density at radius 1 is 1.18 bits per heavy atom. The molecular weight excluding hydrogens is 411 g/mol. The molecule has 10 heteroatoms. The summed E-state index contributed by atoms with van der Waals surface area (Å²) in [6, 6.07) is 7.34. The summed E-state index contributed by atoms with van der Waals surface area (Å²) in [7, 11) is 1.29. The molecule has 1 amide bonds. The molecule has 8 nitrogen and oxygen atoms in total. The SMILES string of the molecule is COc1cc(NC(=O)COC(=O)Cc2ccc(Cl)c(Cl)c2)c(C)cc1[N+](=O)[O-]. The Labute approximate surface area is 170 Å². The summed E-state index contributed by atoms with van der Waals surface area (Å²) >= 11 is 11.7. The zero-order valence-corrected chi connectivity index (χ0v) is 16.5. The molecule has 0 atom stereocenters. The van der Waals surface area contributed by atoms with E-state index in [-0.39, 0.29) is 17.9 Å². The van der Waals surface area contributed by atoms with Crippen molar-refractivity contribution < 1.29 is 24.0 Å². The third-order valence-corrected chi connectivity index (χ3v) is 4.43. The molecule has 0 aliphatic heterocycles. The van der Waals surface area contributed by atoms with Gasteiger partial charge in [-0.1, -0.05) is 29.3 Å². The van der Waals surface area contributed by atoms with Crippen LogP contribution in [0, 0.1) is 17.0 Å². The van der Waals surface area contributed by atoms with Crippen LogP contribution < -0.4 is 10.1 Å². The molecule has 148 valence electrons. The summed E-state index contributed by atoms with van der Waals surface area (Å²) in [5.41, 5.74) is 1.15. The molecule has 2 rings (SSSR count). The highest BCUT2D eigenvalue weighted by molar-refractivity contribution is 6.42. The van der Waals surface area contributed by atoms with Crippen LogP contribution in [0.25, 0.3) is 0 Å². The van der Waals surface area contributed by atoms with E-state index in [9.17, 15) is 19.7 Å². The summed E-state index contributed by atoms with van der Waals surface area (Å²) < 4.78 is 9.91. The number of hydrogen-bond donors (Lipinski definition) is 1. The van der Waals surface area contributed by atoms with Gasteiger partial charge in [-0.3, -0.25) is 19.7 Å². The van der Waals surface area contributed by atoms with Crippen molar-refractivity contribution in [1.29, 1.82) is 0 Å². The number of aryl methyl sites for hydroxylation is 1. The van der Waals surface area contributed by atoms with Gasteiger partial charge in [0.05, 0.1) is 28.5 Å². The van der Waals surface area contributed by atoms with Gasteiger partial charge in [-0.2, -0.15) is 0 Å². The van der Waals surface area contributed by atoms with Crippen molar-refractivity contribution in [3.63, 3.8) is 0 Å². The number of nitrogens with one attached hydrogen (secondary N) is 1. The summed E-state index contributed by atoms with van der Waals surface area (Å²) in [5, 5.41) is 14.2. The first-order valence-electron chi connectivity index (χ1n) is 7.93. The number of halogens is 2. The van der Waals surface area contributed by atoms with E-state index in [0.29, 0.717) is 26.9 Å². The van der Waals surface area contributed by atoms with Gasteiger partial charge < -0.3 is 14.8 Å². The molecule has 0 aliphatic carbocycles. The van der Waals surface area contributed by atoms with Crippen molar-refractivity contribution in [2.45, 2.75) is 13.3 Å². The predicted octanol–water partition coefficient (Wildman–Crippen LogP) is 3.94. The monoisotopic (exact) mass is 426 g/mol. The van der Waals surface area contributed by atoms with Crippen LogP contribution in [-0.4, -0.2) is 30.5 Å². The molecule has 0 aromatic heterocycles. The average molecular weight is 427 g/mol. The van der Waals surface area contributed by atoms with Crippen LogP contribution in [0.2, 0.25) is 10.0 Å². The van der Waals surface area contributed by atoms with E-state index in [2.05, 4.69) is 5.32 Å². The van der Waals surface area contributed by atoms with Gasteiger partial charge in [0.1, 0.15) is 0 Å². The van der Waals surface area contributed by atoms with Crippen molar-refractivity contribution in [3.05, 3.63) is 61.6 Å². The second kappa shape index (κ2) is 9.38. The molecule has 2 aromatic carbocycles. The average Bonchev–Trinajstić information content (AvgIpc) is 2.64. The van der Waals surface area contributed by atoms with Gasteiger partial charge in [-0.05, 0) is 30.2 Å². The lowest BCUT2D eigenvalue weighted by Crippen LogP contribution is -2.22. The lowest BCUT2D eigenvalue weighted by Gasteiger charge is -2.11. The normalized spacial score (nSPS) is 10.3. The van der Waals surface area contributed by atoms with E-state index in [4.69, 9.17) is 32.7 Å². The summed E-state index contributed by atoms with van der Waals surface area (Å²) in [4.78, 5) is 34.3. The highest BCUT2D eigenvalue weighted by Crippen LogP contribution is 2.32. The number of nitro benzene ring substituents is 1. The van der Waals surface area contributed by atoms with Crippen molar-refractivity contribution in [2.75, 3.05) is 19.0 Å². The fourth-order valence-corrected chi connectivity index (χ4v) is 2.63. The number of ether oxygens (including phenoxy) is 2. The second-order valence-corrected chi connectivity index (χ2v) is 6.54. The van der Waals surface area contributed by atoms with Gasteiger partial charge in [0.2, 0.25) is 0 Å². The minimum Gasteiger partial charge on any atom is -0.490 e. The van der Waals surface area contributed by atoms with Gasteiger partial charge in [0.25, 0.3) is 5.91 Å². The Morgan fingerprint density at radius 2 is 1.89 bits per heavy atom. The minimum atomic E-state index is -0.619. The molecular formula is C18H16Cl2N2O6. The highest BCUT2D eigenvalue weighted by Gasteiger charge is 2.18. The number of carbonyl (C=O) groups is 2. The van der Waals surface area contributed by atoms with E-state index in [1.54, 1.807) is 19.1 Å². The molecule has 0 saturated heterocycles. The molecule has 0 spiro atoms. The number of anilines is 1. The Kier molecular flexibility index (Phi) is 7.19. The largest absolute Gasteiger partial charge is 0.490 e. The maximum Gasteiger partial charge on any atom is 0.311 e. The van der Waals surface area contributed by atoms with E-state index in [1.165, 1.54) is 25.3 Å². The molecule has 28 heavy (non-hydrogen) atoms. The van der Waals surface area contributed by atoms with Gasteiger partial charge in [0, 0.05) is 17.8 Å². The summed E-state index contributed by atoms with van der Waals surface area (Å²) in [6.45, 7) is 1.08. The van der Waals surface area contributed by atoms with Crippen molar-refractivity contribution in [1.82, 2.24) is 0 Å². The van der Waals surface area contributed by atoms with Crippen molar-refractivity contribution in [2.24, 2.45) is 0 Å². The van der Waals surface area contributed by atoms with E-state index < -0.39 is 23.4 Å². The first-order chi connectivity index (χ1) is 13.2. The Bertz CT molecular complexity index is 933. The molecule has 0 bridgehead atoms. The topological polar surface area (TPSA) is 108 Å². The van der Waals surface area contributed by atoms with E-state index in [1.807, 2.05) is 0 Å². The molecule has 2 aromatic rings. The number of esters is 1. The van der Waals surface area contributed by atoms with Crippen LogP contribution >= 0.6 is 23.2 Å². The third kappa shape index (κ3) is 5.58. The Balaban J connectivity index is 1.95. The number of methoxy groups -OCH3 is 1.